The summed E-state index contributed by atoms with van der Waals surface area (Å²) in [5.74, 6) is -0.598. The number of halogens is 2. The second kappa shape index (κ2) is 6.44. The number of carbonyl (C=O) groups excluding carboxylic acids is 1. The van der Waals surface area contributed by atoms with E-state index in [1.54, 1.807) is 18.0 Å². The summed E-state index contributed by atoms with van der Waals surface area (Å²) in [6, 6.07) is 4.27. The van der Waals surface area contributed by atoms with Crippen LogP contribution in [0.3, 0.4) is 0 Å². The average Bonchev–Trinajstić information content (AvgIpc) is 2.46. The van der Waals surface area contributed by atoms with E-state index in [9.17, 15) is 9.18 Å². The number of ether oxygens (including phenoxy) is 1. The standard InChI is InChI=1S/C15H19ClFNO2/c1-18(13-6-4-3-5-11(13)16)15(19)10-7-8-14(20-2)12(17)9-10/h7-9,11,13H,3-6H2,1-2H3. The molecular weight excluding hydrogens is 281 g/mol. The van der Waals surface area contributed by atoms with Crippen LogP contribution in [0, 0.1) is 5.82 Å². The van der Waals surface area contributed by atoms with Crippen molar-refractivity contribution in [3.63, 3.8) is 0 Å². The monoisotopic (exact) mass is 299 g/mol. The Hall–Kier alpha value is -1.29. The first-order valence-electron chi connectivity index (χ1n) is 6.79. The maximum Gasteiger partial charge on any atom is 0.254 e. The third-order valence-electron chi connectivity index (χ3n) is 3.86. The number of alkyl halides is 1. The molecule has 0 bridgehead atoms. The van der Waals surface area contributed by atoms with Crippen LogP contribution in [-0.4, -0.2) is 36.4 Å². The molecule has 20 heavy (non-hydrogen) atoms. The normalized spacial score (nSPS) is 22.4. The first kappa shape index (κ1) is 15.1. The van der Waals surface area contributed by atoms with Gasteiger partial charge in [0.1, 0.15) is 0 Å². The molecule has 1 aromatic carbocycles. The smallest absolute Gasteiger partial charge is 0.254 e. The maximum absolute atomic E-state index is 13.7. The Kier molecular flexibility index (Phi) is 4.86. The van der Waals surface area contributed by atoms with E-state index in [1.807, 2.05) is 0 Å². The fourth-order valence-corrected chi connectivity index (χ4v) is 3.11. The van der Waals surface area contributed by atoms with Crippen LogP contribution in [0.1, 0.15) is 36.0 Å². The fourth-order valence-electron chi connectivity index (χ4n) is 2.66. The number of amides is 1. The number of benzene rings is 1. The molecule has 0 saturated heterocycles. The van der Waals surface area contributed by atoms with E-state index in [0.717, 1.165) is 25.7 Å². The molecule has 0 spiro atoms. The van der Waals surface area contributed by atoms with Gasteiger partial charge in [0.25, 0.3) is 5.91 Å². The zero-order valence-electron chi connectivity index (χ0n) is 11.7. The zero-order chi connectivity index (χ0) is 14.7. The molecule has 0 aliphatic heterocycles. The molecule has 0 radical (unpaired) electrons. The number of hydrogen-bond acceptors (Lipinski definition) is 2. The molecule has 2 unspecified atom stereocenters. The molecule has 2 atom stereocenters. The van der Waals surface area contributed by atoms with Crippen molar-refractivity contribution in [3.05, 3.63) is 29.6 Å². The Morgan fingerprint density at radius 1 is 1.40 bits per heavy atom. The van der Waals surface area contributed by atoms with Gasteiger partial charge in [0, 0.05) is 18.7 Å². The number of rotatable bonds is 3. The zero-order valence-corrected chi connectivity index (χ0v) is 12.5. The highest BCUT2D eigenvalue weighted by Crippen LogP contribution is 2.28. The van der Waals surface area contributed by atoms with E-state index in [4.69, 9.17) is 16.3 Å². The lowest BCUT2D eigenvalue weighted by Gasteiger charge is -2.35. The SMILES string of the molecule is COc1ccc(C(=O)N(C)C2CCCCC2Cl)cc1F. The maximum atomic E-state index is 13.7. The first-order chi connectivity index (χ1) is 9.54. The van der Waals surface area contributed by atoms with Crippen LogP contribution in [0.4, 0.5) is 4.39 Å². The van der Waals surface area contributed by atoms with E-state index >= 15 is 0 Å². The van der Waals surface area contributed by atoms with Crippen molar-refractivity contribution in [3.8, 4) is 5.75 Å². The Morgan fingerprint density at radius 3 is 2.70 bits per heavy atom. The number of nitrogens with zero attached hydrogens (tertiary/aromatic N) is 1. The van der Waals surface area contributed by atoms with Gasteiger partial charge in [0.2, 0.25) is 0 Å². The molecule has 110 valence electrons. The predicted octanol–water partition coefficient (Wildman–Crippen LogP) is 3.46. The highest BCUT2D eigenvalue weighted by atomic mass is 35.5. The van der Waals surface area contributed by atoms with E-state index < -0.39 is 5.82 Å². The van der Waals surface area contributed by atoms with Gasteiger partial charge in [-0.2, -0.15) is 0 Å². The number of methoxy groups -OCH3 is 1. The molecule has 2 rings (SSSR count). The molecular formula is C15H19ClFNO2. The van der Waals surface area contributed by atoms with Crippen LogP contribution < -0.4 is 4.74 Å². The van der Waals surface area contributed by atoms with E-state index in [2.05, 4.69) is 0 Å². The van der Waals surface area contributed by atoms with Gasteiger partial charge in [-0.1, -0.05) is 12.8 Å². The van der Waals surface area contributed by atoms with Crippen molar-refractivity contribution in [2.75, 3.05) is 14.2 Å². The summed E-state index contributed by atoms with van der Waals surface area (Å²) in [5.41, 5.74) is 0.320. The Morgan fingerprint density at radius 2 is 2.10 bits per heavy atom. The summed E-state index contributed by atoms with van der Waals surface area (Å²) in [4.78, 5) is 14.0. The third-order valence-corrected chi connectivity index (χ3v) is 4.37. The van der Waals surface area contributed by atoms with E-state index in [1.165, 1.54) is 19.2 Å². The number of hydrogen-bond donors (Lipinski definition) is 0. The third kappa shape index (κ3) is 3.06. The average molecular weight is 300 g/mol. The molecule has 1 saturated carbocycles. The fraction of sp³-hybridized carbons (Fsp3) is 0.533. The van der Waals surface area contributed by atoms with Crippen LogP contribution in [0.25, 0.3) is 0 Å². The molecule has 1 aromatic rings. The highest BCUT2D eigenvalue weighted by Gasteiger charge is 2.30. The second-order valence-corrected chi connectivity index (χ2v) is 5.69. The Balaban J connectivity index is 2.15. The first-order valence-corrected chi connectivity index (χ1v) is 7.23. The quantitative estimate of drug-likeness (QED) is 0.800. The van der Waals surface area contributed by atoms with Crippen molar-refractivity contribution in [1.82, 2.24) is 4.90 Å². The van der Waals surface area contributed by atoms with Crippen LogP contribution in [0.15, 0.2) is 18.2 Å². The van der Waals surface area contributed by atoms with Crippen LogP contribution in [-0.2, 0) is 0 Å². The molecule has 1 amide bonds. The minimum atomic E-state index is -0.530. The second-order valence-electron chi connectivity index (χ2n) is 5.13. The molecule has 3 nitrogen and oxygen atoms in total. The molecule has 1 aliphatic rings. The Labute approximate surface area is 123 Å². The summed E-state index contributed by atoms with van der Waals surface area (Å²) in [6.07, 6.45) is 3.99. The summed E-state index contributed by atoms with van der Waals surface area (Å²) >= 11 is 6.30. The Bertz CT molecular complexity index is 495. The van der Waals surface area contributed by atoms with E-state index in [0.29, 0.717) is 5.56 Å². The molecule has 0 heterocycles. The van der Waals surface area contributed by atoms with Crippen molar-refractivity contribution < 1.29 is 13.9 Å². The molecule has 0 N–H and O–H groups in total. The van der Waals surface area contributed by atoms with Gasteiger partial charge in [-0.3, -0.25) is 4.79 Å². The molecule has 1 aliphatic carbocycles. The van der Waals surface area contributed by atoms with Crippen molar-refractivity contribution in [1.29, 1.82) is 0 Å². The highest BCUT2D eigenvalue weighted by molar-refractivity contribution is 6.21. The van der Waals surface area contributed by atoms with Gasteiger partial charge in [0.15, 0.2) is 11.6 Å². The topological polar surface area (TPSA) is 29.5 Å². The van der Waals surface area contributed by atoms with Gasteiger partial charge < -0.3 is 9.64 Å². The molecule has 5 heteroatoms. The molecule has 1 fully saturated rings. The van der Waals surface area contributed by atoms with Crippen molar-refractivity contribution in [2.24, 2.45) is 0 Å². The summed E-state index contributed by atoms with van der Waals surface area (Å²) in [7, 11) is 3.13. The van der Waals surface area contributed by atoms with Gasteiger partial charge in [0.05, 0.1) is 12.5 Å². The minimum absolute atomic E-state index is 0.0167. The minimum Gasteiger partial charge on any atom is -0.494 e. The largest absolute Gasteiger partial charge is 0.494 e. The van der Waals surface area contributed by atoms with Crippen molar-refractivity contribution >= 4 is 17.5 Å². The molecule has 0 aromatic heterocycles. The van der Waals surface area contributed by atoms with E-state index in [-0.39, 0.29) is 23.1 Å². The lowest BCUT2D eigenvalue weighted by Crippen LogP contribution is -2.44. The van der Waals surface area contributed by atoms with Gasteiger partial charge >= 0.3 is 0 Å². The summed E-state index contributed by atoms with van der Waals surface area (Å²) in [5, 5.41) is -0.0270. The van der Waals surface area contributed by atoms with Crippen LogP contribution >= 0.6 is 11.6 Å². The predicted molar refractivity (Wildman–Crippen MR) is 76.9 cm³/mol. The van der Waals surface area contributed by atoms with Gasteiger partial charge in [-0.25, -0.2) is 4.39 Å². The van der Waals surface area contributed by atoms with Gasteiger partial charge in [-0.05, 0) is 31.0 Å². The lowest BCUT2D eigenvalue weighted by atomic mass is 9.93. The van der Waals surface area contributed by atoms with Crippen LogP contribution in [0.5, 0.6) is 5.75 Å². The lowest BCUT2D eigenvalue weighted by molar-refractivity contribution is 0.0700. The summed E-state index contributed by atoms with van der Waals surface area (Å²) in [6.45, 7) is 0. The summed E-state index contributed by atoms with van der Waals surface area (Å²) < 4.78 is 18.5. The number of carbonyl (C=O) groups is 1. The van der Waals surface area contributed by atoms with Crippen LogP contribution in [0.2, 0.25) is 0 Å². The van der Waals surface area contributed by atoms with Gasteiger partial charge in [-0.15, -0.1) is 11.6 Å². The van der Waals surface area contributed by atoms with Crippen molar-refractivity contribution in [2.45, 2.75) is 37.1 Å².